The molecule has 1 spiro atoms. The predicted molar refractivity (Wildman–Crippen MR) is 102 cm³/mol. The molecule has 26 heavy (non-hydrogen) atoms. The smallest absolute Gasteiger partial charge is 0.225 e. The lowest BCUT2D eigenvalue weighted by Crippen LogP contribution is -2.59. The Kier molecular flexibility index (Phi) is 4.39. The molecule has 1 atom stereocenters. The highest BCUT2D eigenvalue weighted by molar-refractivity contribution is 7.11. The fraction of sp³-hybridized carbons (Fsp3) is 0.632. The number of aryl methyl sites for hydroxylation is 2. The molecule has 1 unspecified atom stereocenters. The van der Waals surface area contributed by atoms with E-state index in [0.717, 1.165) is 38.5 Å². The van der Waals surface area contributed by atoms with Crippen LogP contribution in [0.4, 0.5) is 0 Å². The monoisotopic (exact) mass is 373 g/mol. The van der Waals surface area contributed by atoms with Crippen molar-refractivity contribution >= 4 is 17.2 Å². The van der Waals surface area contributed by atoms with Crippen LogP contribution in [-0.2, 0) is 18.4 Å². The lowest BCUT2D eigenvalue weighted by atomic mass is 9.71. The summed E-state index contributed by atoms with van der Waals surface area (Å²) in [5.41, 5.74) is 0.109. The first kappa shape index (κ1) is 17.7. The van der Waals surface area contributed by atoms with Gasteiger partial charge >= 0.3 is 0 Å². The molecule has 0 aliphatic carbocycles. The number of carbonyl (C=O) groups is 1. The molecular weight excluding hydrogens is 346 g/mol. The van der Waals surface area contributed by atoms with Gasteiger partial charge in [0.1, 0.15) is 12.2 Å². The van der Waals surface area contributed by atoms with Crippen molar-refractivity contribution in [2.75, 3.05) is 26.2 Å². The number of aromatic nitrogens is 3. The zero-order valence-corrected chi connectivity index (χ0v) is 16.8. The van der Waals surface area contributed by atoms with E-state index in [1.807, 2.05) is 36.8 Å². The zero-order valence-electron chi connectivity index (χ0n) is 16.0. The minimum Gasteiger partial charge on any atom is -0.341 e. The van der Waals surface area contributed by atoms with Gasteiger partial charge in [0.25, 0.3) is 0 Å². The van der Waals surface area contributed by atoms with Gasteiger partial charge in [0.15, 0.2) is 0 Å². The summed E-state index contributed by atoms with van der Waals surface area (Å²) in [5, 5.41) is 8.47. The van der Waals surface area contributed by atoms with Crippen LogP contribution in [0.1, 0.15) is 35.3 Å². The van der Waals surface area contributed by atoms with E-state index in [2.05, 4.69) is 39.1 Å². The summed E-state index contributed by atoms with van der Waals surface area (Å²) in [6, 6.07) is 4.42. The molecule has 2 saturated heterocycles. The van der Waals surface area contributed by atoms with Gasteiger partial charge in [-0.15, -0.1) is 21.5 Å². The minimum atomic E-state index is 0.0376. The van der Waals surface area contributed by atoms with Crippen molar-refractivity contribution in [2.24, 2.45) is 18.4 Å². The highest BCUT2D eigenvalue weighted by Crippen LogP contribution is 2.49. The van der Waals surface area contributed by atoms with E-state index < -0.39 is 0 Å². The van der Waals surface area contributed by atoms with Crippen molar-refractivity contribution in [1.29, 1.82) is 0 Å². The predicted octanol–water partition coefficient (Wildman–Crippen LogP) is 2.27. The molecule has 2 aromatic rings. The van der Waals surface area contributed by atoms with Gasteiger partial charge in [0.2, 0.25) is 5.91 Å². The molecule has 2 aliphatic rings. The fourth-order valence-electron chi connectivity index (χ4n) is 4.53. The normalized spacial score (nSPS) is 22.3. The van der Waals surface area contributed by atoms with Crippen LogP contribution in [-0.4, -0.2) is 56.7 Å². The SMILES string of the molecule is Cc1ccc(CN2CC3(C2)CN(C(=O)C(C)C)CC3c2nncn2C)s1. The third kappa shape index (κ3) is 2.97. The Morgan fingerprint density at radius 3 is 2.69 bits per heavy atom. The zero-order chi connectivity index (χ0) is 18.5. The van der Waals surface area contributed by atoms with Crippen molar-refractivity contribution in [2.45, 2.75) is 33.2 Å². The van der Waals surface area contributed by atoms with Crippen LogP contribution in [0.5, 0.6) is 0 Å². The van der Waals surface area contributed by atoms with Crippen LogP contribution in [0.15, 0.2) is 18.5 Å². The van der Waals surface area contributed by atoms with E-state index >= 15 is 0 Å². The molecule has 0 radical (unpaired) electrons. The number of hydrogen-bond donors (Lipinski definition) is 0. The van der Waals surface area contributed by atoms with Gasteiger partial charge in [-0.05, 0) is 19.1 Å². The van der Waals surface area contributed by atoms with Crippen molar-refractivity contribution in [3.8, 4) is 0 Å². The quantitative estimate of drug-likeness (QED) is 0.825. The standard InChI is InChI=1S/C19H27N5OS/c1-13(2)18(25)24-8-16(17-21-20-12-22(17)4)19(11-24)9-23(10-19)7-15-6-5-14(3)26-15/h5-6,12-13,16H,7-11H2,1-4H3. The summed E-state index contributed by atoms with van der Waals surface area (Å²) >= 11 is 1.87. The van der Waals surface area contributed by atoms with E-state index in [1.54, 1.807) is 6.33 Å². The second kappa shape index (κ2) is 6.46. The Hall–Kier alpha value is -1.73. The third-order valence-electron chi connectivity index (χ3n) is 5.76. The van der Waals surface area contributed by atoms with Crippen LogP contribution in [0, 0.1) is 18.3 Å². The van der Waals surface area contributed by atoms with E-state index in [-0.39, 0.29) is 23.2 Å². The molecule has 2 aromatic heterocycles. The lowest BCUT2D eigenvalue weighted by molar-refractivity contribution is -0.134. The maximum absolute atomic E-state index is 12.6. The molecule has 2 aliphatic heterocycles. The van der Waals surface area contributed by atoms with Gasteiger partial charge in [-0.3, -0.25) is 9.69 Å². The first-order valence-electron chi connectivity index (χ1n) is 9.28. The number of carbonyl (C=O) groups excluding carboxylic acids is 1. The second-order valence-electron chi connectivity index (χ2n) is 8.25. The summed E-state index contributed by atoms with van der Waals surface area (Å²) in [6.07, 6.45) is 1.76. The van der Waals surface area contributed by atoms with Gasteiger partial charge in [-0.2, -0.15) is 0 Å². The van der Waals surface area contributed by atoms with E-state index in [9.17, 15) is 4.79 Å². The number of amides is 1. The number of likely N-dealkylation sites (tertiary alicyclic amines) is 2. The van der Waals surface area contributed by atoms with E-state index in [4.69, 9.17) is 0 Å². The number of thiophene rings is 1. The molecule has 4 rings (SSSR count). The molecular formula is C19H27N5OS. The highest BCUT2D eigenvalue weighted by atomic mass is 32.1. The Bertz CT molecular complexity index is 804. The number of rotatable bonds is 4. The van der Waals surface area contributed by atoms with E-state index in [0.29, 0.717) is 0 Å². The minimum absolute atomic E-state index is 0.0376. The van der Waals surface area contributed by atoms with Crippen LogP contribution >= 0.6 is 11.3 Å². The molecule has 4 heterocycles. The molecule has 0 saturated carbocycles. The van der Waals surface area contributed by atoms with Crippen molar-refractivity contribution in [3.05, 3.63) is 34.0 Å². The van der Waals surface area contributed by atoms with Crippen molar-refractivity contribution in [1.82, 2.24) is 24.6 Å². The molecule has 140 valence electrons. The molecule has 0 N–H and O–H groups in total. The maximum Gasteiger partial charge on any atom is 0.225 e. The van der Waals surface area contributed by atoms with Crippen LogP contribution in [0.2, 0.25) is 0 Å². The molecule has 7 heteroatoms. The Balaban J connectivity index is 1.53. The maximum atomic E-state index is 12.6. The third-order valence-corrected chi connectivity index (χ3v) is 6.75. The van der Waals surface area contributed by atoms with Gasteiger partial charge < -0.3 is 9.47 Å². The van der Waals surface area contributed by atoms with Gasteiger partial charge in [-0.1, -0.05) is 13.8 Å². The molecule has 2 fully saturated rings. The Morgan fingerprint density at radius 1 is 1.35 bits per heavy atom. The molecule has 0 aromatic carbocycles. The lowest BCUT2D eigenvalue weighted by Gasteiger charge is -2.50. The summed E-state index contributed by atoms with van der Waals surface area (Å²) in [5.74, 6) is 1.56. The molecule has 6 nitrogen and oxygen atoms in total. The van der Waals surface area contributed by atoms with Crippen LogP contribution in [0.25, 0.3) is 0 Å². The summed E-state index contributed by atoms with van der Waals surface area (Å²) in [6.45, 7) is 10.8. The first-order chi connectivity index (χ1) is 12.4. The van der Waals surface area contributed by atoms with E-state index in [1.165, 1.54) is 9.75 Å². The summed E-state index contributed by atoms with van der Waals surface area (Å²) < 4.78 is 2.01. The van der Waals surface area contributed by atoms with Crippen molar-refractivity contribution in [3.63, 3.8) is 0 Å². The summed E-state index contributed by atoms with van der Waals surface area (Å²) in [7, 11) is 2.00. The Morgan fingerprint density at radius 2 is 2.12 bits per heavy atom. The van der Waals surface area contributed by atoms with Crippen molar-refractivity contribution < 1.29 is 4.79 Å². The van der Waals surface area contributed by atoms with Gasteiger partial charge in [0.05, 0.1) is 0 Å². The molecule has 0 bridgehead atoms. The Labute approximate surface area is 158 Å². The highest BCUT2D eigenvalue weighted by Gasteiger charge is 2.56. The summed E-state index contributed by atoms with van der Waals surface area (Å²) in [4.78, 5) is 19.9. The first-order valence-corrected chi connectivity index (χ1v) is 10.1. The number of hydrogen-bond acceptors (Lipinski definition) is 5. The average Bonchev–Trinajstić information content (AvgIpc) is 3.25. The van der Waals surface area contributed by atoms with Gasteiger partial charge in [-0.25, -0.2) is 0 Å². The van der Waals surface area contributed by atoms with Gasteiger partial charge in [0, 0.05) is 66.8 Å². The molecule has 1 amide bonds. The number of nitrogens with zero attached hydrogens (tertiary/aromatic N) is 5. The fourth-order valence-corrected chi connectivity index (χ4v) is 5.46. The average molecular weight is 374 g/mol. The van der Waals surface area contributed by atoms with Crippen LogP contribution < -0.4 is 0 Å². The topological polar surface area (TPSA) is 54.3 Å². The van der Waals surface area contributed by atoms with Crippen LogP contribution in [0.3, 0.4) is 0 Å². The largest absolute Gasteiger partial charge is 0.341 e. The second-order valence-corrected chi connectivity index (χ2v) is 9.62.